The smallest absolute Gasteiger partial charge is 0.160 e. The Labute approximate surface area is 376 Å². The number of nitrogens with zero attached hydrogens (tertiary/aromatic N) is 4. The molecule has 64 heavy (non-hydrogen) atoms. The van der Waals surface area contributed by atoms with Crippen LogP contribution < -0.4 is 0 Å². The van der Waals surface area contributed by atoms with E-state index < -0.39 is 0 Å². The molecule has 2 aromatic heterocycles. The third kappa shape index (κ3) is 8.95. The number of hydrogen-bond donors (Lipinski definition) is 0. The minimum Gasteiger partial charge on any atom is -0.228 e. The second kappa shape index (κ2) is 18.5. The zero-order valence-electron chi connectivity index (χ0n) is 36.4. The average Bonchev–Trinajstić information content (AvgIpc) is 3.37. The minimum atomic E-state index is -0.286. The quantitative estimate of drug-likeness (QED) is 0.115. The summed E-state index contributed by atoms with van der Waals surface area (Å²) < 4.78 is 0. The molecule has 0 aliphatic rings. The first-order valence-electron chi connectivity index (χ1n) is 21.7. The Hall–Kier alpha value is -8.08. The lowest BCUT2D eigenvalue weighted by Crippen LogP contribution is -2.18. The molecular formula is C60H48N4. The molecule has 4 heteroatoms. The van der Waals surface area contributed by atoms with Crippen LogP contribution in [-0.4, -0.2) is 19.9 Å². The van der Waals surface area contributed by atoms with Gasteiger partial charge >= 0.3 is 0 Å². The molecule has 0 saturated heterocycles. The Morgan fingerprint density at radius 1 is 0.406 bits per heavy atom. The lowest BCUT2D eigenvalue weighted by molar-refractivity contribution is 0.641. The topological polar surface area (TPSA) is 51.6 Å². The Morgan fingerprint density at radius 3 is 1.25 bits per heavy atom. The molecule has 0 amide bonds. The summed E-state index contributed by atoms with van der Waals surface area (Å²) in [6.45, 7) is 10.6. The lowest BCUT2D eigenvalue weighted by atomic mass is 9.77. The van der Waals surface area contributed by atoms with E-state index in [-0.39, 0.29) is 5.41 Å². The Morgan fingerprint density at radius 2 is 0.797 bits per heavy atom. The van der Waals surface area contributed by atoms with Crippen molar-refractivity contribution >= 4 is 5.57 Å². The summed E-state index contributed by atoms with van der Waals surface area (Å²) in [5.41, 5.74) is 16.1. The van der Waals surface area contributed by atoms with Crippen molar-refractivity contribution in [3.8, 4) is 78.7 Å². The first-order valence-corrected chi connectivity index (χ1v) is 21.7. The largest absolute Gasteiger partial charge is 0.228 e. The monoisotopic (exact) mass is 824 g/mol. The molecule has 308 valence electrons. The standard InChI is InChI=1S/C60H48N4/c1-5-7-19-42(6-2)58-61-54(40-56(63-58)50-28-17-26-48(38-50)43-20-11-8-12-21-43)45-30-34-52(35-31-45)60(3,4)53-36-32-46(33-37-53)55-41-57(64-59(62-55)47-24-15-10-16-25-47)51-29-18-27-49(39-51)44-22-13-9-14-23-44/h5-41H,2H2,1,3-4H3/b7-5-,42-19+. The van der Waals surface area contributed by atoms with Gasteiger partial charge in [0.1, 0.15) is 0 Å². The van der Waals surface area contributed by atoms with Crippen molar-refractivity contribution in [2.24, 2.45) is 0 Å². The molecule has 4 nitrogen and oxygen atoms in total. The van der Waals surface area contributed by atoms with Crippen molar-refractivity contribution in [2.45, 2.75) is 26.2 Å². The average molecular weight is 825 g/mol. The Kier molecular flexibility index (Phi) is 11.9. The van der Waals surface area contributed by atoms with Gasteiger partial charge in [-0.25, -0.2) is 19.9 Å². The van der Waals surface area contributed by atoms with Crippen molar-refractivity contribution in [2.75, 3.05) is 0 Å². The maximum atomic E-state index is 5.12. The van der Waals surface area contributed by atoms with Crippen molar-refractivity contribution in [3.63, 3.8) is 0 Å². The van der Waals surface area contributed by atoms with Crippen molar-refractivity contribution < 1.29 is 0 Å². The lowest BCUT2D eigenvalue weighted by Gasteiger charge is -2.26. The van der Waals surface area contributed by atoms with Gasteiger partial charge in [-0.3, -0.25) is 0 Å². The third-order valence-corrected chi connectivity index (χ3v) is 11.8. The van der Waals surface area contributed by atoms with Crippen LogP contribution in [0.4, 0.5) is 0 Å². The Bertz CT molecular complexity index is 3110. The minimum absolute atomic E-state index is 0.286. The number of aromatic nitrogens is 4. The number of rotatable bonds is 12. The molecule has 0 aliphatic carbocycles. The van der Waals surface area contributed by atoms with Crippen LogP contribution >= 0.6 is 0 Å². The van der Waals surface area contributed by atoms with E-state index >= 15 is 0 Å². The molecule has 9 rings (SSSR count). The first kappa shape index (κ1) is 41.3. The maximum absolute atomic E-state index is 5.12. The fourth-order valence-corrected chi connectivity index (χ4v) is 8.02. The summed E-state index contributed by atoms with van der Waals surface area (Å²) in [4.78, 5) is 20.4. The molecule has 2 heterocycles. The normalized spacial score (nSPS) is 11.8. The van der Waals surface area contributed by atoms with Crippen molar-refractivity contribution in [3.05, 3.63) is 248 Å². The zero-order valence-corrected chi connectivity index (χ0v) is 36.4. The second-order valence-electron chi connectivity index (χ2n) is 16.3. The third-order valence-electron chi connectivity index (χ3n) is 11.8. The molecule has 0 fully saturated rings. The number of allylic oxidation sites excluding steroid dienone is 5. The molecule has 9 aromatic rings. The second-order valence-corrected chi connectivity index (χ2v) is 16.3. The van der Waals surface area contributed by atoms with Crippen molar-refractivity contribution in [1.82, 2.24) is 19.9 Å². The molecular weight excluding hydrogens is 777 g/mol. The van der Waals surface area contributed by atoms with E-state index in [0.29, 0.717) is 11.6 Å². The fraction of sp³-hybridized carbons (Fsp3) is 0.0667. The van der Waals surface area contributed by atoms with E-state index in [2.05, 4.69) is 190 Å². The van der Waals surface area contributed by atoms with E-state index in [1.165, 1.54) is 16.7 Å². The summed E-state index contributed by atoms with van der Waals surface area (Å²) in [5, 5.41) is 0. The van der Waals surface area contributed by atoms with E-state index in [1.54, 1.807) is 0 Å². The molecule has 7 aromatic carbocycles. The number of hydrogen-bond acceptors (Lipinski definition) is 4. The van der Waals surface area contributed by atoms with Gasteiger partial charge < -0.3 is 0 Å². The number of benzene rings is 7. The first-order chi connectivity index (χ1) is 31.4. The molecule has 0 atom stereocenters. The summed E-state index contributed by atoms with van der Waals surface area (Å²) in [5.74, 6) is 1.32. The van der Waals surface area contributed by atoms with Crippen LogP contribution in [0.5, 0.6) is 0 Å². The van der Waals surface area contributed by atoms with Gasteiger partial charge in [-0.05, 0) is 64.6 Å². The molecule has 0 radical (unpaired) electrons. The van der Waals surface area contributed by atoms with Crippen LogP contribution in [0.15, 0.2) is 231 Å². The van der Waals surface area contributed by atoms with Crippen LogP contribution in [0.25, 0.3) is 84.2 Å². The van der Waals surface area contributed by atoms with Gasteiger partial charge in [-0.2, -0.15) is 0 Å². The highest BCUT2D eigenvalue weighted by Gasteiger charge is 2.24. The summed E-state index contributed by atoms with van der Waals surface area (Å²) >= 11 is 0. The summed E-state index contributed by atoms with van der Waals surface area (Å²) in [7, 11) is 0. The van der Waals surface area contributed by atoms with Crippen molar-refractivity contribution in [1.29, 1.82) is 0 Å². The van der Waals surface area contributed by atoms with E-state index in [0.717, 1.165) is 72.9 Å². The van der Waals surface area contributed by atoms with Gasteiger partial charge in [0, 0.05) is 38.8 Å². The van der Waals surface area contributed by atoms with E-state index in [9.17, 15) is 0 Å². The molecule has 0 aliphatic heterocycles. The molecule has 0 bridgehead atoms. The maximum Gasteiger partial charge on any atom is 0.160 e. The zero-order chi connectivity index (χ0) is 43.9. The van der Waals surface area contributed by atoms with Crippen LogP contribution in [0.1, 0.15) is 37.7 Å². The van der Waals surface area contributed by atoms with E-state index in [1.807, 2.05) is 61.6 Å². The predicted molar refractivity (Wildman–Crippen MR) is 267 cm³/mol. The molecule has 0 spiro atoms. The van der Waals surface area contributed by atoms with Crippen LogP contribution in [0.2, 0.25) is 0 Å². The predicted octanol–water partition coefficient (Wildman–Crippen LogP) is 15.4. The SMILES string of the molecule is C=C/C(=C\C=C/C)c1nc(-c2ccc(C(C)(C)c3ccc(-c4cc(-c5cccc(-c6ccccc6)c5)nc(-c5ccccc5)n4)cc3)cc2)cc(-c2cccc(-c3ccccc3)c2)n1. The van der Waals surface area contributed by atoms with Crippen LogP contribution in [0, 0.1) is 0 Å². The highest BCUT2D eigenvalue weighted by Crippen LogP contribution is 2.36. The highest BCUT2D eigenvalue weighted by atomic mass is 14.9. The van der Waals surface area contributed by atoms with Gasteiger partial charge in [-0.15, -0.1) is 0 Å². The highest BCUT2D eigenvalue weighted by molar-refractivity contribution is 5.79. The molecule has 0 saturated carbocycles. The summed E-state index contributed by atoms with van der Waals surface area (Å²) in [6, 6.07) is 70.0. The van der Waals surface area contributed by atoms with Gasteiger partial charge in [-0.1, -0.05) is 221 Å². The van der Waals surface area contributed by atoms with Gasteiger partial charge in [0.05, 0.1) is 22.8 Å². The van der Waals surface area contributed by atoms with Gasteiger partial charge in [0.25, 0.3) is 0 Å². The fourth-order valence-electron chi connectivity index (χ4n) is 8.02. The molecule has 0 N–H and O–H groups in total. The summed E-state index contributed by atoms with van der Waals surface area (Å²) in [6.07, 6.45) is 7.80. The molecule has 0 unspecified atom stereocenters. The van der Waals surface area contributed by atoms with Crippen LogP contribution in [0.3, 0.4) is 0 Å². The van der Waals surface area contributed by atoms with Gasteiger partial charge in [0.2, 0.25) is 0 Å². The van der Waals surface area contributed by atoms with E-state index in [4.69, 9.17) is 19.9 Å². The van der Waals surface area contributed by atoms with Gasteiger partial charge in [0.15, 0.2) is 11.6 Å². The van der Waals surface area contributed by atoms with Crippen LogP contribution in [-0.2, 0) is 5.41 Å². The Balaban J connectivity index is 1.03.